The molecule has 1 atom stereocenters. The molecule has 0 aliphatic carbocycles. The predicted octanol–water partition coefficient (Wildman–Crippen LogP) is 0.662. The Morgan fingerprint density at radius 3 is 2.74 bits per heavy atom. The Kier molecular flexibility index (Phi) is 3.56. The Morgan fingerprint density at radius 2 is 2.13 bits per heavy atom. The molecule has 0 aromatic carbocycles. The molecular weight excluding hydrogens is 300 g/mol. The van der Waals surface area contributed by atoms with E-state index in [1.807, 2.05) is 13.0 Å². The van der Waals surface area contributed by atoms with E-state index in [1.165, 1.54) is 18.2 Å². The Morgan fingerprint density at radius 1 is 1.39 bits per heavy atom. The number of amides is 1. The van der Waals surface area contributed by atoms with Crippen LogP contribution >= 0.6 is 0 Å². The van der Waals surface area contributed by atoms with Crippen molar-refractivity contribution in [3.63, 3.8) is 0 Å². The van der Waals surface area contributed by atoms with E-state index >= 15 is 0 Å². The standard InChI is InChI=1S/C15H18N4O4/c1-9-6-12-16-7-11(10(2)19(12)17-9)13(20)18-5-4-15(8-18,23-3)14(21)22/h6-7H,4-5,8H2,1-3H3,(H,21,22). The summed E-state index contributed by atoms with van der Waals surface area (Å²) in [5, 5.41) is 13.7. The molecule has 23 heavy (non-hydrogen) atoms. The van der Waals surface area contributed by atoms with Gasteiger partial charge in [-0.05, 0) is 13.8 Å². The van der Waals surface area contributed by atoms with Crippen molar-refractivity contribution in [2.45, 2.75) is 25.9 Å². The van der Waals surface area contributed by atoms with Crippen molar-refractivity contribution in [2.24, 2.45) is 0 Å². The minimum atomic E-state index is -1.33. The van der Waals surface area contributed by atoms with Gasteiger partial charge >= 0.3 is 5.97 Å². The molecule has 0 bridgehead atoms. The molecule has 1 amide bonds. The van der Waals surface area contributed by atoms with Gasteiger partial charge in [0.1, 0.15) is 0 Å². The zero-order valence-electron chi connectivity index (χ0n) is 13.2. The Bertz CT molecular complexity index is 800. The molecule has 8 nitrogen and oxygen atoms in total. The van der Waals surface area contributed by atoms with Gasteiger partial charge in [-0.2, -0.15) is 5.10 Å². The lowest BCUT2D eigenvalue weighted by Crippen LogP contribution is -2.44. The van der Waals surface area contributed by atoms with E-state index in [1.54, 1.807) is 11.4 Å². The van der Waals surface area contributed by atoms with Gasteiger partial charge in [-0.3, -0.25) is 4.79 Å². The summed E-state index contributed by atoms with van der Waals surface area (Å²) >= 11 is 0. The molecule has 1 saturated heterocycles. The van der Waals surface area contributed by atoms with Crippen molar-refractivity contribution < 1.29 is 19.4 Å². The fourth-order valence-corrected chi connectivity index (χ4v) is 2.93. The van der Waals surface area contributed by atoms with Crippen LogP contribution in [0.2, 0.25) is 0 Å². The van der Waals surface area contributed by atoms with Crippen LogP contribution in [0.15, 0.2) is 12.3 Å². The topological polar surface area (TPSA) is 97.0 Å². The maximum Gasteiger partial charge on any atom is 0.337 e. The molecular formula is C15H18N4O4. The van der Waals surface area contributed by atoms with E-state index in [4.69, 9.17) is 4.74 Å². The highest BCUT2D eigenvalue weighted by Gasteiger charge is 2.47. The largest absolute Gasteiger partial charge is 0.479 e. The SMILES string of the molecule is COC1(C(=O)O)CCN(C(=O)c2cnc3cc(C)nn3c2C)C1. The van der Waals surface area contributed by atoms with Crippen molar-refractivity contribution in [3.05, 3.63) is 29.2 Å². The summed E-state index contributed by atoms with van der Waals surface area (Å²) in [5.74, 6) is -1.31. The summed E-state index contributed by atoms with van der Waals surface area (Å²) in [6.07, 6.45) is 1.78. The summed E-state index contributed by atoms with van der Waals surface area (Å²) in [4.78, 5) is 29.9. The Balaban J connectivity index is 1.92. The van der Waals surface area contributed by atoms with Crippen molar-refractivity contribution >= 4 is 17.5 Å². The summed E-state index contributed by atoms with van der Waals surface area (Å²) in [5.41, 5.74) is 1.25. The average molecular weight is 318 g/mol. The molecule has 2 aromatic heterocycles. The first-order valence-corrected chi connectivity index (χ1v) is 7.28. The van der Waals surface area contributed by atoms with E-state index in [-0.39, 0.29) is 18.9 Å². The normalized spacial score (nSPS) is 21.1. The van der Waals surface area contributed by atoms with Gasteiger partial charge in [0.15, 0.2) is 11.2 Å². The van der Waals surface area contributed by atoms with Crippen LogP contribution in [0.3, 0.4) is 0 Å². The average Bonchev–Trinajstić information content (AvgIpc) is 3.11. The Hall–Kier alpha value is -2.48. The lowest BCUT2D eigenvalue weighted by molar-refractivity contribution is -0.160. The van der Waals surface area contributed by atoms with Crippen LogP contribution in [-0.4, -0.2) is 62.3 Å². The number of carboxylic acids is 1. The minimum Gasteiger partial charge on any atom is -0.479 e. The third kappa shape index (κ3) is 2.35. The number of carbonyl (C=O) groups is 2. The maximum absolute atomic E-state index is 12.7. The smallest absolute Gasteiger partial charge is 0.337 e. The molecule has 1 unspecified atom stereocenters. The molecule has 122 valence electrons. The second-order valence-electron chi connectivity index (χ2n) is 5.79. The van der Waals surface area contributed by atoms with Gasteiger partial charge in [0.05, 0.1) is 23.5 Å². The highest BCUT2D eigenvalue weighted by molar-refractivity contribution is 5.96. The molecule has 2 aromatic rings. The monoisotopic (exact) mass is 318 g/mol. The van der Waals surface area contributed by atoms with Crippen LogP contribution in [0.1, 0.15) is 28.2 Å². The van der Waals surface area contributed by atoms with Gasteiger partial charge in [-0.1, -0.05) is 0 Å². The highest BCUT2D eigenvalue weighted by atomic mass is 16.5. The van der Waals surface area contributed by atoms with Gasteiger partial charge in [0, 0.05) is 32.3 Å². The van der Waals surface area contributed by atoms with Crippen LogP contribution in [0.5, 0.6) is 0 Å². The molecule has 0 spiro atoms. The number of aryl methyl sites for hydroxylation is 2. The number of fused-ring (bicyclic) bond motifs is 1. The van der Waals surface area contributed by atoms with Crippen LogP contribution in [0.25, 0.3) is 5.65 Å². The number of ether oxygens (including phenoxy) is 1. The number of nitrogens with zero attached hydrogens (tertiary/aromatic N) is 4. The van der Waals surface area contributed by atoms with E-state index in [9.17, 15) is 14.7 Å². The van der Waals surface area contributed by atoms with E-state index < -0.39 is 11.6 Å². The van der Waals surface area contributed by atoms with E-state index in [0.717, 1.165) is 5.69 Å². The number of likely N-dealkylation sites (tertiary alicyclic amines) is 1. The lowest BCUT2D eigenvalue weighted by atomic mass is 10.0. The van der Waals surface area contributed by atoms with Gasteiger partial charge in [-0.15, -0.1) is 0 Å². The number of hydrogen-bond acceptors (Lipinski definition) is 5. The summed E-state index contributed by atoms with van der Waals surface area (Å²) in [6.45, 7) is 4.00. The molecule has 3 heterocycles. The quantitative estimate of drug-likeness (QED) is 0.893. The van der Waals surface area contributed by atoms with E-state index in [2.05, 4.69) is 10.1 Å². The number of carboxylic acid groups (broad SMARTS) is 1. The maximum atomic E-state index is 12.7. The first-order chi connectivity index (χ1) is 10.9. The van der Waals surface area contributed by atoms with Crippen molar-refractivity contribution in [1.82, 2.24) is 19.5 Å². The third-order valence-electron chi connectivity index (χ3n) is 4.38. The Labute approximate surface area is 132 Å². The molecule has 1 N–H and O–H groups in total. The number of aromatic nitrogens is 3. The van der Waals surface area contributed by atoms with Gasteiger partial charge in [0.25, 0.3) is 5.91 Å². The molecule has 1 aliphatic heterocycles. The summed E-state index contributed by atoms with van der Waals surface area (Å²) in [7, 11) is 1.35. The molecule has 1 aliphatic rings. The second kappa shape index (κ2) is 5.31. The van der Waals surface area contributed by atoms with E-state index in [0.29, 0.717) is 23.4 Å². The number of methoxy groups -OCH3 is 1. The number of hydrogen-bond donors (Lipinski definition) is 1. The summed E-state index contributed by atoms with van der Waals surface area (Å²) < 4.78 is 6.78. The second-order valence-corrected chi connectivity index (χ2v) is 5.79. The van der Waals surface area contributed by atoms with Gasteiger partial charge in [-0.25, -0.2) is 14.3 Å². The fourth-order valence-electron chi connectivity index (χ4n) is 2.93. The molecule has 0 radical (unpaired) electrons. The highest BCUT2D eigenvalue weighted by Crippen LogP contribution is 2.27. The molecule has 0 saturated carbocycles. The number of carbonyl (C=O) groups excluding carboxylic acids is 1. The fraction of sp³-hybridized carbons (Fsp3) is 0.467. The van der Waals surface area contributed by atoms with Crippen molar-refractivity contribution in [1.29, 1.82) is 0 Å². The lowest BCUT2D eigenvalue weighted by Gasteiger charge is -2.23. The third-order valence-corrected chi connectivity index (χ3v) is 4.38. The predicted molar refractivity (Wildman–Crippen MR) is 80.4 cm³/mol. The zero-order valence-corrected chi connectivity index (χ0v) is 13.2. The number of rotatable bonds is 3. The van der Waals surface area contributed by atoms with Crippen molar-refractivity contribution in [2.75, 3.05) is 20.2 Å². The minimum absolute atomic E-state index is 0.0211. The van der Waals surface area contributed by atoms with Crippen molar-refractivity contribution in [3.8, 4) is 0 Å². The van der Waals surface area contributed by atoms with Gasteiger partial charge in [0.2, 0.25) is 0 Å². The van der Waals surface area contributed by atoms with Gasteiger partial charge < -0.3 is 14.7 Å². The van der Waals surface area contributed by atoms with Crippen LogP contribution in [0.4, 0.5) is 0 Å². The van der Waals surface area contributed by atoms with Crippen LogP contribution in [0, 0.1) is 13.8 Å². The summed E-state index contributed by atoms with van der Waals surface area (Å²) in [6, 6.07) is 1.83. The molecule has 3 rings (SSSR count). The molecule has 8 heteroatoms. The first kappa shape index (κ1) is 15.4. The zero-order chi connectivity index (χ0) is 16.8. The van der Waals surface area contributed by atoms with Crippen LogP contribution in [-0.2, 0) is 9.53 Å². The van der Waals surface area contributed by atoms with Crippen LogP contribution < -0.4 is 0 Å². The first-order valence-electron chi connectivity index (χ1n) is 7.28. The molecule has 1 fully saturated rings. The number of aliphatic carboxylic acids is 1.